The summed E-state index contributed by atoms with van der Waals surface area (Å²) in [5, 5.41) is 12.1. The zero-order valence-corrected chi connectivity index (χ0v) is 21.8. The van der Waals surface area contributed by atoms with Gasteiger partial charge >= 0.3 is 0 Å². The number of hydrazone groups is 1. The molecule has 2 aliphatic rings. The minimum atomic E-state index is -0.624. The third kappa shape index (κ3) is 4.56. The molecule has 4 aromatic rings. The van der Waals surface area contributed by atoms with Crippen LogP contribution < -0.4 is 15.9 Å². The van der Waals surface area contributed by atoms with Crippen LogP contribution in [-0.2, 0) is 10.5 Å². The van der Waals surface area contributed by atoms with Crippen molar-refractivity contribution in [3.63, 3.8) is 0 Å². The minimum absolute atomic E-state index is 0.217. The molecule has 1 N–H and O–H groups in total. The predicted molar refractivity (Wildman–Crippen MR) is 147 cm³/mol. The highest BCUT2D eigenvalue weighted by atomic mass is 35.5. The summed E-state index contributed by atoms with van der Waals surface area (Å²) in [6, 6.07) is 25.5. The van der Waals surface area contributed by atoms with Gasteiger partial charge in [0.1, 0.15) is 11.5 Å². The van der Waals surface area contributed by atoms with E-state index >= 15 is 0 Å². The van der Waals surface area contributed by atoms with Gasteiger partial charge in [-0.2, -0.15) is 0 Å². The molecule has 0 bridgehead atoms. The highest BCUT2D eigenvalue weighted by Gasteiger charge is 2.36. The summed E-state index contributed by atoms with van der Waals surface area (Å²) in [5.74, 6) is 1.72. The lowest BCUT2D eigenvalue weighted by atomic mass is 10.1. The van der Waals surface area contributed by atoms with E-state index in [9.17, 15) is 4.79 Å². The molecular weight excluding hydrogens is 504 g/mol. The molecule has 6 nitrogen and oxygen atoms in total. The molecule has 37 heavy (non-hydrogen) atoms. The van der Waals surface area contributed by atoms with E-state index in [-0.39, 0.29) is 5.91 Å². The standard InChI is InChI=1S/C29H23ClN4O2S/c1-17-7-10-19(11-8-17)16-37-29-32-28(35)26-21-5-3-4-6-23(21)31-27(34(26)33-29)25-14-13-24(36-25)20-12-9-18(2)22(30)15-20/h3-15,27H,16H2,1-2H3,(H,32,33,35). The molecule has 0 spiro atoms. The van der Waals surface area contributed by atoms with Crippen LogP contribution in [0.25, 0.3) is 17.0 Å². The van der Waals surface area contributed by atoms with Gasteiger partial charge in [0.2, 0.25) is 6.17 Å². The van der Waals surface area contributed by atoms with E-state index in [0.29, 0.717) is 33.2 Å². The van der Waals surface area contributed by atoms with Gasteiger partial charge in [-0.15, -0.1) is 5.10 Å². The third-order valence-electron chi connectivity index (χ3n) is 6.35. The van der Waals surface area contributed by atoms with Crippen LogP contribution in [0.5, 0.6) is 0 Å². The van der Waals surface area contributed by atoms with Crippen molar-refractivity contribution in [1.29, 1.82) is 0 Å². The van der Waals surface area contributed by atoms with Gasteiger partial charge in [-0.1, -0.05) is 83.5 Å². The first-order valence-electron chi connectivity index (χ1n) is 11.9. The summed E-state index contributed by atoms with van der Waals surface area (Å²) in [6.45, 7) is 4.02. The molecular formula is C29H23ClN4O2S. The second-order valence-electron chi connectivity index (χ2n) is 9.01. The van der Waals surface area contributed by atoms with Gasteiger partial charge in [-0.25, -0.2) is 10.0 Å². The lowest BCUT2D eigenvalue weighted by molar-refractivity contribution is -0.116. The van der Waals surface area contributed by atoms with E-state index in [1.54, 1.807) is 5.01 Å². The number of hydrogen-bond acceptors (Lipinski definition) is 6. The normalized spacial score (nSPS) is 16.5. The number of carbonyl (C=O) groups is 1. The number of rotatable bonds is 4. The summed E-state index contributed by atoms with van der Waals surface area (Å²) >= 11 is 7.82. The van der Waals surface area contributed by atoms with Crippen molar-refractivity contribution in [3.8, 4) is 11.3 Å². The molecule has 1 unspecified atom stereocenters. The molecule has 0 aliphatic carbocycles. The van der Waals surface area contributed by atoms with E-state index in [2.05, 4.69) is 36.5 Å². The molecule has 1 aromatic heterocycles. The third-order valence-corrected chi connectivity index (χ3v) is 7.69. The topological polar surface area (TPSA) is 70.2 Å². The molecule has 0 saturated carbocycles. The summed E-state index contributed by atoms with van der Waals surface area (Å²) in [6.07, 6.45) is -0.624. The molecule has 0 saturated heterocycles. The Bertz CT molecular complexity index is 1680. The van der Waals surface area contributed by atoms with Crippen molar-refractivity contribution in [1.82, 2.24) is 10.3 Å². The number of para-hydroxylation sites is 1. The van der Waals surface area contributed by atoms with Crippen molar-refractivity contribution >= 4 is 40.1 Å². The van der Waals surface area contributed by atoms with E-state index < -0.39 is 6.17 Å². The Kier molecular flexibility index (Phi) is 6.10. The van der Waals surface area contributed by atoms with Crippen LogP contribution in [0.3, 0.4) is 0 Å². The van der Waals surface area contributed by atoms with Crippen LogP contribution in [0.15, 0.2) is 93.4 Å². The lowest BCUT2D eigenvalue weighted by Gasteiger charge is -2.32. The van der Waals surface area contributed by atoms with E-state index in [1.807, 2.05) is 61.5 Å². The monoisotopic (exact) mass is 526 g/mol. The Morgan fingerprint density at radius 2 is 1.84 bits per heavy atom. The first kappa shape index (κ1) is 23.6. The molecule has 0 fully saturated rings. The van der Waals surface area contributed by atoms with Gasteiger partial charge in [0.05, 0.1) is 5.36 Å². The largest absolute Gasteiger partial charge is 0.457 e. The predicted octanol–water partition coefficient (Wildman–Crippen LogP) is 5.29. The number of nitrogens with zero attached hydrogens (tertiary/aromatic N) is 3. The number of nitrogens with one attached hydrogen (secondary N) is 1. The molecule has 0 radical (unpaired) electrons. The second-order valence-corrected chi connectivity index (χ2v) is 10.4. The molecule has 1 amide bonds. The Morgan fingerprint density at radius 1 is 1.03 bits per heavy atom. The Morgan fingerprint density at radius 3 is 2.65 bits per heavy atom. The maximum Gasteiger partial charge on any atom is 0.276 e. The molecule has 6 rings (SSSR count). The van der Waals surface area contributed by atoms with Crippen LogP contribution >= 0.6 is 23.4 Å². The van der Waals surface area contributed by atoms with Gasteiger partial charge in [0.15, 0.2) is 10.9 Å². The second kappa shape index (κ2) is 9.57. The van der Waals surface area contributed by atoms with Crippen molar-refractivity contribution in [2.24, 2.45) is 10.1 Å². The fourth-order valence-electron chi connectivity index (χ4n) is 4.31. The average molecular weight is 527 g/mol. The van der Waals surface area contributed by atoms with Gasteiger partial charge in [-0.3, -0.25) is 10.1 Å². The summed E-state index contributed by atoms with van der Waals surface area (Å²) in [4.78, 5) is 18.3. The number of carbonyl (C=O) groups excluding carboxylic acids is 1. The first-order chi connectivity index (χ1) is 18.0. The van der Waals surface area contributed by atoms with Gasteiger partial charge in [0.25, 0.3) is 5.91 Å². The minimum Gasteiger partial charge on any atom is -0.457 e. The number of fused-ring (bicyclic) bond motifs is 2. The van der Waals surface area contributed by atoms with Crippen LogP contribution in [-0.4, -0.2) is 16.1 Å². The molecule has 2 aliphatic heterocycles. The van der Waals surface area contributed by atoms with Crippen LogP contribution in [0.4, 0.5) is 0 Å². The highest BCUT2D eigenvalue weighted by molar-refractivity contribution is 8.13. The van der Waals surface area contributed by atoms with Crippen LogP contribution in [0, 0.1) is 13.8 Å². The SMILES string of the molecule is Cc1ccc(CSC2=NN3C(=c4ccccc4=NC3c3ccc(-c4ccc(C)c(Cl)c4)o3)C(=O)N2)cc1. The zero-order valence-electron chi connectivity index (χ0n) is 20.2. The number of amides is 1. The van der Waals surface area contributed by atoms with E-state index in [1.165, 1.54) is 17.3 Å². The van der Waals surface area contributed by atoms with Gasteiger partial charge in [0, 0.05) is 21.6 Å². The fourth-order valence-corrected chi connectivity index (χ4v) is 5.29. The van der Waals surface area contributed by atoms with Crippen molar-refractivity contribution in [2.45, 2.75) is 25.8 Å². The number of furan rings is 1. The van der Waals surface area contributed by atoms with Crippen LogP contribution in [0.1, 0.15) is 28.6 Å². The van der Waals surface area contributed by atoms with Gasteiger partial charge < -0.3 is 4.42 Å². The fraction of sp³-hybridized carbons (Fsp3) is 0.138. The smallest absolute Gasteiger partial charge is 0.276 e. The summed E-state index contributed by atoms with van der Waals surface area (Å²) < 4.78 is 6.26. The average Bonchev–Trinajstić information content (AvgIpc) is 3.39. The molecule has 3 heterocycles. The van der Waals surface area contributed by atoms with E-state index in [0.717, 1.165) is 27.3 Å². The maximum atomic E-state index is 13.4. The van der Waals surface area contributed by atoms with E-state index in [4.69, 9.17) is 26.1 Å². The zero-order chi connectivity index (χ0) is 25.5. The quantitative estimate of drug-likeness (QED) is 0.392. The molecule has 184 valence electrons. The lowest BCUT2D eigenvalue weighted by Crippen LogP contribution is -2.50. The summed E-state index contributed by atoms with van der Waals surface area (Å²) in [7, 11) is 0. The Balaban J connectivity index is 1.38. The highest BCUT2D eigenvalue weighted by Crippen LogP contribution is 2.35. The van der Waals surface area contributed by atoms with Crippen molar-refractivity contribution in [3.05, 3.63) is 117 Å². The Hall–Kier alpha value is -3.81. The molecule has 1 atom stereocenters. The van der Waals surface area contributed by atoms with Crippen molar-refractivity contribution < 1.29 is 9.21 Å². The number of hydrogen-bond donors (Lipinski definition) is 1. The molecule has 8 heteroatoms. The number of amidine groups is 1. The summed E-state index contributed by atoms with van der Waals surface area (Å²) in [5.41, 5.74) is 4.68. The Labute approximate surface area is 223 Å². The number of benzene rings is 3. The number of halogens is 1. The maximum absolute atomic E-state index is 13.4. The van der Waals surface area contributed by atoms with Gasteiger partial charge in [-0.05, 0) is 49.2 Å². The van der Waals surface area contributed by atoms with Crippen molar-refractivity contribution in [2.75, 3.05) is 0 Å². The molecule has 3 aromatic carbocycles. The van der Waals surface area contributed by atoms with Crippen LogP contribution in [0.2, 0.25) is 5.02 Å². The number of thioether (sulfide) groups is 1. The number of aryl methyl sites for hydroxylation is 2. The first-order valence-corrected chi connectivity index (χ1v) is 13.2.